The van der Waals surface area contributed by atoms with Crippen LogP contribution in [0.5, 0.6) is 0 Å². The molecule has 0 saturated carbocycles. The Bertz CT molecular complexity index is 243. The van der Waals surface area contributed by atoms with Crippen LogP contribution >= 0.6 is 0 Å². The minimum atomic E-state index is -5.08. The largest absolute Gasteiger partial charge is 0.490 e. The minimum absolute atomic E-state index is 0.163. The molecule has 1 aliphatic rings. The number of hydrogen-bond acceptors (Lipinski definition) is 6. The number of carboxylic acid groups (broad SMARTS) is 1. The second kappa shape index (κ2) is 8.21. The van der Waals surface area contributed by atoms with Crippen molar-refractivity contribution in [1.82, 2.24) is 10.8 Å². The van der Waals surface area contributed by atoms with Crippen molar-refractivity contribution in [3.63, 3.8) is 0 Å². The number of halogens is 3. The molecule has 0 bridgehead atoms. The number of aliphatic carboxylic acids is 1. The van der Waals surface area contributed by atoms with Crippen molar-refractivity contribution < 1.29 is 38.1 Å². The molecule has 1 rings (SSSR count). The number of carbonyl (C=O) groups is 1. The summed E-state index contributed by atoms with van der Waals surface area (Å²) in [5.74, 6) is -2.76. The Morgan fingerprint density at radius 2 is 1.83 bits per heavy atom. The first-order valence-corrected chi connectivity index (χ1v) is 4.95. The van der Waals surface area contributed by atoms with Crippen LogP contribution in [0.4, 0.5) is 13.2 Å². The molecule has 1 saturated heterocycles. The summed E-state index contributed by atoms with van der Waals surface area (Å²) in [5.41, 5.74) is 2.74. The van der Waals surface area contributed by atoms with Gasteiger partial charge in [0, 0.05) is 13.1 Å². The highest BCUT2D eigenvalue weighted by Gasteiger charge is 2.38. The van der Waals surface area contributed by atoms with E-state index in [0.29, 0.717) is 6.04 Å². The van der Waals surface area contributed by atoms with Crippen LogP contribution in [0.15, 0.2) is 0 Å². The lowest BCUT2D eigenvalue weighted by Gasteiger charge is -2.28. The molecular formula is C8H15F3N2O5. The Morgan fingerprint density at radius 1 is 1.39 bits per heavy atom. The normalized spacial score (nSPS) is 15.9. The lowest BCUT2D eigenvalue weighted by molar-refractivity contribution is -0.192. The topological polar surface area (TPSA) is 111 Å². The van der Waals surface area contributed by atoms with Crippen molar-refractivity contribution >= 4 is 5.97 Å². The SMILES string of the molecule is O=C(O)C(F)(F)F.OCC(CO)ONC1CNC1. The van der Waals surface area contributed by atoms with Crippen molar-refractivity contribution in [2.24, 2.45) is 0 Å². The maximum atomic E-state index is 10.6. The van der Waals surface area contributed by atoms with Crippen LogP contribution in [-0.2, 0) is 9.63 Å². The van der Waals surface area contributed by atoms with E-state index in [1.807, 2.05) is 0 Å². The van der Waals surface area contributed by atoms with Gasteiger partial charge in [0.2, 0.25) is 0 Å². The summed E-state index contributed by atoms with van der Waals surface area (Å²) < 4.78 is 31.7. The van der Waals surface area contributed by atoms with Crippen LogP contribution in [0.25, 0.3) is 0 Å². The van der Waals surface area contributed by atoms with Crippen LogP contribution in [0.3, 0.4) is 0 Å². The Kier molecular flexibility index (Phi) is 7.78. The first-order chi connectivity index (χ1) is 8.31. The molecule has 1 heterocycles. The quantitative estimate of drug-likeness (QED) is 0.387. The first kappa shape index (κ1) is 17.1. The number of rotatable bonds is 5. The Morgan fingerprint density at radius 3 is 2.06 bits per heavy atom. The zero-order valence-corrected chi connectivity index (χ0v) is 9.28. The summed E-state index contributed by atoms with van der Waals surface area (Å²) >= 11 is 0. The van der Waals surface area contributed by atoms with E-state index in [1.165, 1.54) is 0 Å². The third-order valence-electron chi connectivity index (χ3n) is 1.83. The van der Waals surface area contributed by atoms with Gasteiger partial charge in [-0.3, -0.25) is 4.84 Å². The number of hydrogen-bond donors (Lipinski definition) is 5. The average Bonchev–Trinajstić information content (AvgIpc) is 2.21. The highest BCUT2D eigenvalue weighted by atomic mass is 19.4. The summed E-state index contributed by atoms with van der Waals surface area (Å²) in [5, 5.41) is 27.4. The van der Waals surface area contributed by atoms with Gasteiger partial charge in [0.05, 0.1) is 19.3 Å². The van der Waals surface area contributed by atoms with E-state index in [-0.39, 0.29) is 13.2 Å². The molecule has 1 fully saturated rings. The molecule has 5 N–H and O–H groups in total. The zero-order chi connectivity index (χ0) is 14.2. The van der Waals surface area contributed by atoms with E-state index < -0.39 is 18.2 Å². The molecule has 1 aliphatic heterocycles. The molecule has 0 aromatic carbocycles. The minimum Gasteiger partial charge on any atom is -0.475 e. The Balaban J connectivity index is 0.000000360. The maximum Gasteiger partial charge on any atom is 0.490 e. The average molecular weight is 276 g/mol. The molecule has 0 radical (unpaired) electrons. The highest BCUT2D eigenvalue weighted by Crippen LogP contribution is 2.13. The van der Waals surface area contributed by atoms with Gasteiger partial charge in [-0.15, -0.1) is 0 Å². The second-order valence-electron chi connectivity index (χ2n) is 3.38. The van der Waals surface area contributed by atoms with Gasteiger partial charge in [0.15, 0.2) is 0 Å². The zero-order valence-electron chi connectivity index (χ0n) is 9.28. The van der Waals surface area contributed by atoms with Crippen molar-refractivity contribution in [1.29, 1.82) is 0 Å². The Labute approximate surface area is 101 Å². The van der Waals surface area contributed by atoms with Crippen LogP contribution in [0.2, 0.25) is 0 Å². The van der Waals surface area contributed by atoms with E-state index in [4.69, 9.17) is 25.0 Å². The van der Waals surface area contributed by atoms with Crippen molar-refractivity contribution in [3.8, 4) is 0 Å². The third kappa shape index (κ3) is 7.40. The van der Waals surface area contributed by atoms with Crippen molar-refractivity contribution in [2.45, 2.75) is 18.3 Å². The fourth-order valence-electron chi connectivity index (χ4n) is 0.697. The predicted molar refractivity (Wildman–Crippen MR) is 52.5 cm³/mol. The lowest BCUT2D eigenvalue weighted by Crippen LogP contribution is -2.56. The van der Waals surface area contributed by atoms with Gasteiger partial charge in [-0.25, -0.2) is 4.79 Å². The van der Waals surface area contributed by atoms with E-state index in [9.17, 15) is 13.2 Å². The summed E-state index contributed by atoms with van der Waals surface area (Å²) in [6.07, 6.45) is -5.59. The molecule has 18 heavy (non-hydrogen) atoms. The van der Waals surface area contributed by atoms with Gasteiger partial charge < -0.3 is 20.6 Å². The summed E-state index contributed by atoms with van der Waals surface area (Å²) in [6, 6.07) is 0.315. The number of carboxylic acids is 1. The van der Waals surface area contributed by atoms with E-state index in [0.717, 1.165) is 13.1 Å². The smallest absolute Gasteiger partial charge is 0.475 e. The predicted octanol–water partition coefficient (Wildman–Crippen LogP) is -1.53. The van der Waals surface area contributed by atoms with Crippen LogP contribution in [-0.4, -0.2) is 65.9 Å². The van der Waals surface area contributed by atoms with Gasteiger partial charge in [-0.05, 0) is 0 Å². The fraction of sp³-hybridized carbons (Fsp3) is 0.875. The molecule has 108 valence electrons. The van der Waals surface area contributed by atoms with Gasteiger partial charge in [-0.1, -0.05) is 0 Å². The molecule has 0 atom stereocenters. The van der Waals surface area contributed by atoms with E-state index in [2.05, 4.69) is 10.8 Å². The summed E-state index contributed by atoms with van der Waals surface area (Å²) in [6.45, 7) is 1.43. The van der Waals surface area contributed by atoms with Crippen molar-refractivity contribution in [3.05, 3.63) is 0 Å². The molecule has 0 aliphatic carbocycles. The van der Waals surface area contributed by atoms with Crippen molar-refractivity contribution in [2.75, 3.05) is 26.3 Å². The molecule has 10 heteroatoms. The van der Waals surface area contributed by atoms with Crippen LogP contribution in [0.1, 0.15) is 0 Å². The second-order valence-corrected chi connectivity index (χ2v) is 3.38. The number of nitrogens with one attached hydrogen (secondary N) is 2. The fourth-order valence-corrected chi connectivity index (χ4v) is 0.697. The van der Waals surface area contributed by atoms with Gasteiger partial charge >= 0.3 is 12.1 Å². The molecular weight excluding hydrogens is 261 g/mol. The standard InChI is InChI=1S/C6H14N2O3.C2HF3O2/c9-3-6(4-10)11-8-5-1-7-2-5;3-2(4,5)1(6)7/h5-10H,1-4H2;(H,6,7). The van der Waals surface area contributed by atoms with Gasteiger partial charge in [0.25, 0.3) is 0 Å². The monoisotopic (exact) mass is 276 g/mol. The van der Waals surface area contributed by atoms with Gasteiger partial charge in [0.1, 0.15) is 6.10 Å². The highest BCUT2D eigenvalue weighted by molar-refractivity contribution is 5.73. The molecule has 0 spiro atoms. The molecule has 0 unspecified atom stereocenters. The summed E-state index contributed by atoms with van der Waals surface area (Å²) in [4.78, 5) is 13.9. The van der Waals surface area contributed by atoms with Gasteiger partial charge in [-0.2, -0.15) is 18.7 Å². The molecule has 0 amide bonds. The number of alkyl halides is 3. The van der Waals surface area contributed by atoms with Crippen LogP contribution < -0.4 is 10.8 Å². The first-order valence-electron chi connectivity index (χ1n) is 4.95. The Hall–Kier alpha value is -0.940. The number of hydroxylamine groups is 1. The summed E-state index contributed by atoms with van der Waals surface area (Å²) in [7, 11) is 0. The lowest BCUT2D eigenvalue weighted by atomic mass is 10.2. The molecule has 7 nitrogen and oxygen atoms in total. The number of aliphatic hydroxyl groups excluding tert-OH is 2. The molecule has 0 aromatic heterocycles. The number of aliphatic hydroxyl groups is 2. The van der Waals surface area contributed by atoms with E-state index >= 15 is 0 Å². The van der Waals surface area contributed by atoms with Crippen LogP contribution in [0, 0.1) is 0 Å². The third-order valence-corrected chi connectivity index (χ3v) is 1.83. The van der Waals surface area contributed by atoms with E-state index in [1.54, 1.807) is 0 Å². The molecule has 0 aromatic rings. The maximum absolute atomic E-state index is 10.6.